The molecule has 0 aliphatic heterocycles. The van der Waals surface area contributed by atoms with E-state index < -0.39 is 10.0 Å². The lowest BCUT2D eigenvalue weighted by Gasteiger charge is -2.21. The highest BCUT2D eigenvalue weighted by Crippen LogP contribution is 2.26. The molecule has 2 N–H and O–H groups in total. The van der Waals surface area contributed by atoms with Crippen molar-refractivity contribution in [3.05, 3.63) is 69.7 Å². The number of anilines is 1. The fourth-order valence-corrected chi connectivity index (χ4v) is 5.60. The number of hydrogen-bond donors (Lipinski definition) is 2. The third kappa shape index (κ3) is 4.77. The van der Waals surface area contributed by atoms with Gasteiger partial charge in [-0.15, -0.1) is 22.7 Å². The molecule has 0 spiro atoms. The Balaban J connectivity index is 1.77. The number of benzene rings is 1. The van der Waals surface area contributed by atoms with Gasteiger partial charge in [-0.2, -0.15) is 0 Å². The summed E-state index contributed by atoms with van der Waals surface area (Å²) in [6.45, 7) is 4.10. The topological polar surface area (TPSA) is 75.3 Å². The smallest absolute Gasteiger partial charge is 0.271 e. The molecule has 1 aromatic carbocycles. The van der Waals surface area contributed by atoms with E-state index in [0.29, 0.717) is 11.3 Å². The Morgan fingerprint density at radius 3 is 2.37 bits per heavy atom. The molecule has 0 radical (unpaired) electrons. The van der Waals surface area contributed by atoms with Crippen LogP contribution in [0.15, 0.2) is 63.5 Å². The van der Waals surface area contributed by atoms with E-state index in [4.69, 9.17) is 0 Å². The monoisotopic (exact) mass is 420 g/mol. The zero-order valence-corrected chi connectivity index (χ0v) is 17.3. The highest BCUT2D eigenvalue weighted by atomic mass is 32.2. The average molecular weight is 421 g/mol. The summed E-state index contributed by atoms with van der Waals surface area (Å²) in [5.41, 5.74) is 0.761. The number of amides is 1. The number of thiophene rings is 2. The molecule has 0 bridgehead atoms. The molecule has 27 heavy (non-hydrogen) atoms. The third-order valence-electron chi connectivity index (χ3n) is 3.94. The van der Waals surface area contributed by atoms with Crippen molar-refractivity contribution in [2.45, 2.75) is 24.1 Å². The number of carbonyl (C=O) groups excluding carboxylic acids is 1. The van der Waals surface area contributed by atoms with Gasteiger partial charge in [-0.1, -0.05) is 32.0 Å². The molecule has 0 unspecified atom stereocenters. The maximum atomic E-state index is 12.7. The average Bonchev–Trinajstić information content (AvgIpc) is 3.32. The maximum Gasteiger partial charge on any atom is 0.271 e. The molecular formula is C19H20N2O3S3. The van der Waals surface area contributed by atoms with Gasteiger partial charge in [0.05, 0.1) is 6.04 Å². The molecule has 0 aliphatic rings. The summed E-state index contributed by atoms with van der Waals surface area (Å²) in [6, 6.07) is 13.6. The predicted octanol–water partition coefficient (Wildman–Crippen LogP) is 4.74. The molecule has 1 atom stereocenters. The molecular weight excluding hydrogens is 400 g/mol. The molecule has 0 aliphatic carbocycles. The van der Waals surface area contributed by atoms with Gasteiger partial charge in [0.1, 0.15) is 4.21 Å². The number of sulfonamides is 1. The van der Waals surface area contributed by atoms with E-state index in [1.54, 1.807) is 47.0 Å². The van der Waals surface area contributed by atoms with Crippen molar-refractivity contribution in [1.82, 2.24) is 5.32 Å². The van der Waals surface area contributed by atoms with Crippen molar-refractivity contribution >= 4 is 44.3 Å². The summed E-state index contributed by atoms with van der Waals surface area (Å²) in [4.78, 5) is 13.8. The van der Waals surface area contributed by atoms with E-state index in [-0.39, 0.29) is 22.1 Å². The Labute approximate surface area is 167 Å². The zero-order chi connectivity index (χ0) is 19.4. The largest absolute Gasteiger partial charge is 0.344 e. The van der Waals surface area contributed by atoms with Crippen molar-refractivity contribution in [2.75, 3.05) is 4.72 Å². The molecule has 3 aromatic rings. The Bertz CT molecular complexity index is 995. The molecule has 0 fully saturated rings. The second-order valence-corrected chi connectivity index (χ2v) is 10.2. The molecule has 1 amide bonds. The van der Waals surface area contributed by atoms with Crippen molar-refractivity contribution < 1.29 is 13.2 Å². The SMILES string of the molecule is CC(C)[C@@H](NC(=O)c1cccc(NS(=O)(=O)c2cccs2)c1)c1cccs1. The normalized spacial score (nSPS) is 12.7. The Morgan fingerprint density at radius 1 is 1.00 bits per heavy atom. The van der Waals surface area contributed by atoms with Crippen LogP contribution in [0.5, 0.6) is 0 Å². The molecule has 142 valence electrons. The van der Waals surface area contributed by atoms with Gasteiger partial charge in [-0.25, -0.2) is 8.42 Å². The predicted molar refractivity (Wildman–Crippen MR) is 111 cm³/mol. The van der Waals surface area contributed by atoms with Gasteiger partial charge in [0.15, 0.2) is 0 Å². The minimum Gasteiger partial charge on any atom is -0.344 e. The van der Waals surface area contributed by atoms with Crippen molar-refractivity contribution in [2.24, 2.45) is 5.92 Å². The quantitative estimate of drug-likeness (QED) is 0.580. The highest BCUT2D eigenvalue weighted by Gasteiger charge is 2.21. The van der Waals surface area contributed by atoms with Crippen molar-refractivity contribution in [1.29, 1.82) is 0 Å². The van der Waals surface area contributed by atoms with E-state index in [1.807, 2.05) is 17.5 Å². The standard InChI is InChI=1S/C19H20N2O3S3/c1-13(2)18(16-8-4-10-25-16)20-19(22)14-6-3-7-15(12-14)21-27(23,24)17-9-5-11-26-17/h3-13,18,21H,1-2H3,(H,20,22)/t18-/m1/s1. The molecule has 2 heterocycles. The maximum absolute atomic E-state index is 12.7. The van der Waals surface area contributed by atoms with Crippen molar-refractivity contribution in [3.8, 4) is 0 Å². The van der Waals surface area contributed by atoms with Crippen LogP contribution in [0.3, 0.4) is 0 Å². The van der Waals surface area contributed by atoms with Crippen LogP contribution >= 0.6 is 22.7 Å². The number of nitrogens with one attached hydrogen (secondary N) is 2. The van der Waals surface area contributed by atoms with E-state index in [2.05, 4.69) is 23.9 Å². The summed E-state index contributed by atoms with van der Waals surface area (Å²) in [5, 5.41) is 6.74. The highest BCUT2D eigenvalue weighted by molar-refractivity contribution is 7.94. The molecule has 2 aromatic heterocycles. The van der Waals surface area contributed by atoms with Crippen LogP contribution in [0.4, 0.5) is 5.69 Å². The lowest BCUT2D eigenvalue weighted by molar-refractivity contribution is 0.0926. The first-order valence-corrected chi connectivity index (χ1v) is 11.6. The van der Waals surface area contributed by atoms with E-state index in [0.717, 1.165) is 16.2 Å². The summed E-state index contributed by atoms with van der Waals surface area (Å²) < 4.78 is 27.5. The molecule has 0 saturated heterocycles. The van der Waals surface area contributed by atoms with Gasteiger partial charge in [0.2, 0.25) is 0 Å². The first kappa shape index (κ1) is 19.6. The lowest BCUT2D eigenvalue weighted by Crippen LogP contribution is -2.31. The molecule has 3 rings (SSSR count). The van der Waals surface area contributed by atoms with Gasteiger partial charge < -0.3 is 5.32 Å². The zero-order valence-electron chi connectivity index (χ0n) is 14.9. The van der Waals surface area contributed by atoms with Gasteiger partial charge in [-0.05, 0) is 47.0 Å². The van der Waals surface area contributed by atoms with Gasteiger partial charge in [0.25, 0.3) is 15.9 Å². The first-order valence-electron chi connectivity index (χ1n) is 8.37. The van der Waals surface area contributed by atoms with Crippen LogP contribution in [0.1, 0.15) is 35.1 Å². The van der Waals surface area contributed by atoms with Crippen LogP contribution in [0.2, 0.25) is 0 Å². The summed E-state index contributed by atoms with van der Waals surface area (Å²) >= 11 is 2.74. The molecule has 0 saturated carbocycles. The summed E-state index contributed by atoms with van der Waals surface area (Å²) in [6.07, 6.45) is 0. The second-order valence-electron chi connectivity index (χ2n) is 6.33. The molecule has 8 heteroatoms. The van der Waals surface area contributed by atoms with Crippen LogP contribution in [0, 0.1) is 5.92 Å². The first-order chi connectivity index (χ1) is 12.9. The van der Waals surface area contributed by atoms with Crippen LogP contribution in [0.25, 0.3) is 0 Å². The number of carbonyl (C=O) groups is 1. The van der Waals surface area contributed by atoms with Gasteiger partial charge in [0, 0.05) is 16.1 Å². The molecule has 5 nitrogen and oxygen atoms in total. The van der Waals surface area contributed by atoms with Crippen LogP contribution in [-0.2, 0) is 10.0 Å². The third-order valence-corrected chi connectivity index (χ3v) is 7.67. The van der Waals surface area contributed by atoms with Gasteiger partial charge >= 0.3 is 0 Å². The minimum atomic E-state index is -3.65. The van der Waals surface area contributed by atoms with Gasteiger partial charge in [-0.3, -0.25) is 9.52 Å². The van der Waals surface area contributed by atoms with E-state index >= 15 is 0 Å². The summed E-state index contributed by atoms with van der Waals surface area (Å²) in [7, 11) is -3.65. The number of rotatable bonds is 7. The Kier molecular flexibility index (Phi) is 5.98. The number of hydrogen-bond acceptors (Lipinski definition) is 5. The summed E-state index contributed by atoms with van der Waals surface area (Å²) in [5.74, 6) is -0.00705. The van der Waals surface area contributed by atoms with Crippen molar-refractivity contribution in [3.63, 3.8) is 0 Å². The van der Waals surface area contributed by atoms with Crippen LogP contribution in [-0.4, -0.2) is 14.3 Å². The fourth-order valence-electron chi connectivity index (χ4n) is 2.60. The Hall–Kier alpha value is -2.16. The second kappa shape index (κ2) is 8.24. The van der Waals surface area contributed by atoms with E-state index in [1.165, 1.54) is 6.07 Å². The lowest BCUT2D eigenvalue weighted by atomic mass is 10.0. The van der Waals surface area contributed by atoms with Crippen LogP contribution < -0.4 is 10.0 Å². The minimum absolute atomic E-state index is 0.0935. The fraction of sp³-hybridized carbons (Fsp3) is 0.211. The Morgan fingerprint density at radius 2 is 1.74 bits per heavy atom. The van der Waals surface area contributed by atoms with E-state index in [9.17, 15) is 13.2 Å².